The second kappa shape index (κ2) is 7.38. The van der Waals surface area contributed by atoms with Crippen molar-refractivity contribution >= 4 is 5.78 Å². The quantitative estimate of drug-likeness (QED) is 0.557. The van der Waals surface area contributed by atoms with Crippen LogP contribution in [0.3, 0.4) is 0 Å². The largest absolute Gasteiger partial charge is 0.396 e. The number of unbranched alkanes of at least 4 members (excludes halogenated alkanes) is 1. The minimum Gasteiger partial charge on any atom is -0.396 e. The van der Waals surface area contributed by atoms with E-state index in [1.807, 2.05) is 12.1 Å². The van der Waals surface area contributed by atoms with E-state index >= 15 is 0 Å². The van der Waals surface area contributed by atoms with Crippen LogP contribution in [-0.4, -0.2) is 34.8 Å². The van der Waals surface area contributed by atoms with Gasteiger partial charge in [-0.05, 0) is 32.3 Å². The number of aliphatic hydroxyl groups excluding tert-OH is 1. The van der Waals surface area contributed by atoms with Crippen LogP contribution in [0.2, 0.25) is 0 Å². The van der Waals surface area contributed by atoms with Gasteiger partial charge in [0.05, 0.1) is 6.61 Å². The third-order valence-corrected chi connectivity index (χ3v) is 2.74. The molecule has 4 nitrogen and oxygen atoms in total. The van der Waals surface area contributed by atoms with Gasteiger partial charge in [0.25, 0.3) is 0 Å². The molecule has 0 saturated carbocycles. The van der Waals surface area contributed by atoms with E-state index in [4.69, 9.17) is 9.84 Å². The van der Waals surface area contributed by atoms with Crippen LogP contribution in [0.4, 0.5) is 0 Å². The predicted octanol–water partition coefficient (Wildman–Crippen LogP) is 1.93. The fourth-order valence-corrected chi connectivity index (χ4v) is 1.61. The number of ketones is 1. The average molecular weight is 266 g/mol. The van der Waals surface area contributed by atoms with Gasteiger partial charge in [0.2, 0.25) is 0 Å². The van der Waals surface area contributed by atoms with Crippen molar-refractivity contribution in [3.8, 4) is 0 Å². The molecule has 0 unspecified atom stereocenters. The summed E-state index contributed by atoms with van der Waals surface area (Å²) in [6.45, 7) is 4.26. The second-order valence-corrected chi connectivity index (χ2v) is 5.07. The van der Waals surface area contributed by atoms with E-state index in [9.17, 15) is 9.90 Å². The Morgan fingerprint density at radius 2 is 1.84 bits per heavy atom. The van der Waals surface area contributed by atoms with Gasteiger partial charge in [0.1, 0.15) is 5.60 Å². The molecule has 0 aromatic heterocycles. The van der Waals surface area contributed by atoms with Crippen LogP contribution in [0, 0.1) is 0 Å². The van der Waals surface area contributed by atoms with Crippen molar-refractivity contribution in [3.63, 3.8) is 0 Å². The first-order chi connectivity index (χ1) is 8.95. The topological polar surface area (TPSA) is 66.8 Å². The summed E-state index contributed by atoms with van der Waals surface area (Å²) < 4.78 is 5.44. The number of carbonyl (C=O) groups excluding carboxylic acids is 1. The SMILES string of the molecule is CC(C)(O)C(=O)c1ccc(COCCCCO)cc1. The molecular formula is C15H22O4. The molecule has 0 aliphatic heterocycles. The molecule has 0 aliphatic rings. The fourth-order valence-electron chi connectivity index (χ4n) is 1.61. The minimum absolute atomic E-state index is 0.192. The van der Waals surface area contributed by atoms with Crippen LogP contribution in [0.5, 0.6) is 0 Å². The van der Waals surface area contributed by atoms with Crippen molar-refractivity contribution in [2.45, 2.75) is 38.9 Å². The van der Waals surface area contributed by atoms with Gasteiger partial charge in [-0.15, -0.1) is 0 Å². The molecule has 0 amide bonds. The lowest BCUT2D eigenvalue weighted by Gasteiger charge is -2.15. The molecule has 1 rings (SSSR count). The van der Waals surface area contributed by atoms with Gasteiger partial charge >= 0.3 is 0 Å². The molecule has 1 aromatic carbocycles. The molecule has 0 saturated heterocycles. The molecule has 106 valence electrons. The van der Waals surface area contributed by atoms with E-state index in [-0.39, 0.29) is 12.4 Å². The maximum atomic E-state index is 11.8. The van der Waals surface area contributed by atoms with E-state index in [1.165, 1.54) is 13.8 Å². The summed E-state index contributed by atoms with van der Waals surface area (Å²) in [5.41, 5.74) is 0.135. The van der Waals surface area contributed by atoms with E-state index in [0.29, 0.717) is 18.8 Å². The van der Waals surface area contributed by atoms with Crippen LogP contribution >= 0.6 is 0 Å². The molecule has 0 radical (unpaired) electrons. The Bertz CT molecular complexity index is 390. The molecule has 2 N–H and O–H groups in total. The molecule has 19 heavy (non-hydrogen) atoms. The van der Waals surface area contributed by atoms with E-state index in [0.717, 1.165) is 18.4 Å². The van der Waals surface area contributed by atoms with Crippen molar-refractivity contribution in [2.24, 2.45) is 0 Å². The van der Waals surface area contributed by atoms with Crippen LogP contribution < -0.4 is 0 Å². The normalized spacial score (nSPS) is 11.6. The molecule has 0 heterocycles. The molecular weight excluding hydrogens is 244 g/mol. The first kappa shape index (κ1) is 15.8. The highest BCUT2D eigenvalue weighted by atomic mass is 16.5. The molecule has 0 aliphatic carbocycles. The third kappa shape index (κ3) is 5.51. The highest BCUT2D eigenvalue weighted by Gasteiger charge is 2.24. The van der Waals surface area contributed by atoms with E-state index in [1.54, 1.807) is 12.1 Å². The molecule has 4 heteroatoms. The fraction of sp³-hybridized carbons (Fsp3) is 0.533. The van der Waals surface area contributed by atoms with Crippen LogP contribution in [-0.2, 0) is 11.3 Å². The zero-order valence-corrected chi connectivity index (χ0v) is 11.6. The van der Waals surface area contributed by atoms with E-state index < -0.39 is 5.60 Å². The van der Waals surface area contributed by atoms with Crippen molar-refractivity contribution in [1.29, 1.82) is 0 Å². The van der Waals surface area contributed by atoms with E-state index in [2.05, 4.69) is 0 Å². The third-order valence-electron chi connectivity index (χ3n) is 2.74. The van der Waals surface area contributed by atoms with Gasteiger partial charge in [-0.25, -0.2) is 0 Å². The Morgan fingerprint density at radius 1 is 1.21 bits per heavy atom. The predicted molar refractivity (Wildman–Crippen MR) is 73.0 cm³/mol. The number of benzene rings is 1. The number of hydrogen-bond donors (Lipinski definition) is 2. The number of carbonyl (C=O) groups is 1. The van der Waals surface area contributed by atoms with Crippen molar-refractivity contribution in [3.05, 3.63) is 35.4 Å². The maximum absolute atomic E-state index is 11.8. The van der Waals surface area contributed by atoms with Gasteiger partial charge in [-0.3, -0.25) is 4.79 Å². The van der Waals surface area contributed by atoms with Gasteiger partial charge < -0.3 is 14.9 Å². The first-order valence-corrected chi connectivity index (χ1v) is 6.50. The van der Waals surface area contributed by atoms with Gasteiger partial charge in [0, 0.05) is 18.8 Å². The molecule has 0 atom stereocenters. The van der Waals surface area contributed by atoms with Gasteiger partial charge in [-0.1, -0.05) is 24.3 Å². The molecule has 0 bridgehead atoms. The second-order valence-electron chi connectivity index (χ2n) is 5.07. The monoisotopic (exact) mass is 266 g/mol. The number of hydrogen-bond acceptors (Lipinski definition) is 4. The summed E-state index contributed by atoms with van der Waals surface area (Å²) in [5, 5.41) is 18.3. The van der Waals surface area contributed by atoms with Gasteiger partial charge in [-0.2, -0.15) is 0 Å². The Morgan fingerprint density at radius 3 is 2.37 bits per heavy atom. The summed E-state index contributed by atoms with van der Waals surface area (Å²) in [6, 6.07) is 7.05. The lowest BCUT2D eigenvalue weighted by atomic mass is 9.96. The molecule has 0 fully saturated rings. The zero-order valence-electron chi connectivity index (χ0n) is 11.6. The summed E-state index contributed by atoms with van der Waals surface area (Å²) in [5.74, 6) is -0.289. The maximum Gasteiger partial charge on any atom is 0.193 e. The van der Waals surface area contributed by atoms with Crippen LogP contribution in [0.15, 0.2) is 24.3 Å². The summed E-state index contributed by atoms with van der Waals surface area (Å²) in [4.78, 5) is 11.8. The Labute approximate surface area is 114 Å². The summed E-state index contributed by atoms with van der Waals surface area (Å²) in [6.07, 6.45) is 1.59. The number of aliphatic hydroxyl groups is 2. The number of ether oxygens (including phenoxy) is 1. The first-order valence-electron chi connectivity index (χ1n) is 6.50. The number of rotatable bonds is 8. The van der Waals surface area contributed by atoms with Crippen LogP contribution in [0.25, 0.3) is 0 Å². The lowest BCUT2D eigenvalue weighted by molar-refractivity contribution is 0.0488. The molecule has 0 spiro atoms. The highest BCUT2D eigenvalue weighted by molar-refractivity contribution is 6.01. The van der Waals surface area contributed by atoms with Crippen molar-refractivity contribution in [2.75, 3.05) is 13.2 Å². The van der Waals surface area contributed by atoms with Crippen molar-refractivity contribution < 1.29 is 19.7 Å². The smallest absolute Gasteiger partial charge is 0.193 e. The highest BCUT2D eigenvalue weighted by Crippen LogP contribution is 2.14. The van der Waals surface area contributed by atoms with Crippen molar-refractivity contribution in [1.82, 2.24) is 0 Å². The minimum atomic E-state index is -1.34. The van der Waals surface area contributed by atoms with Gasteiger partial charge in [0.15, 0.2) is 5.78 Å². The average Bonchev–Trinajstić information content (AvgIpc) is 2.37. The lowest BCUT2D eigenvalue weighted by Crippen LogP contribution is -2.31. The Hall–Kier alpha value is -1.23. The molecule has 1 aromatic rings. The standard InChI is InChI=1S/C15H22O4/c1-15(2,18)14(17)13-7-5-12(6-8-13)11-19-10-4-3-9-16/h5-8,16,18H,3-4,9-11H2,1-2H3. The number of Topliss-reactive ketones (excluding diaryl/α,β-unsaturated/α-hetero) is 1. The Balaban J connectivity index is 2.46. The summed E-state index contributed by atoms with van der Waals surface area (Å²) in [7, 11) is 0. The zero-order chi connectivity index (χ0) is 14.3. The summed E-state index contributed by atoms with van der Waals surface area (Å²) >= 11 is 0. The Kier molecular flexibility index (Phi) is 6.15. The van der Waals surface area contributed by atoms with Crippen LogP contribution in [0.1, 0.15) is 42.6 Å².